The number of pyridine rings is 1. The van der Waals surface area contributed by atoms with Crippen LogP contribution in [0.1, 0.15) is 25.8 Å². The maximum absolute atomic E-state index is 14.7. The number of carbonyl (C=O) groups excluding carboxylic acids is 1. The second-order valence-electron chi connectivity index (χ2n) is 9.14. The first kappa shape index (κ1) is 25.9. The molecule has 1 unspecified atom stereocenters. The van der Waals surface area contributed by atoms with Crippen LogP contribution < -0.4 is 15.5 Å². The Balaban J connectivity index is 1.46. The number of piperidine rings is 1. The number of amides is 1. The number of nitriles is 2. The Hall–Kier alpha value is -4.69. The van der Waals surface area contributed by atoms with Gasteiger partial charge in [0, 0.05) is 25.4 Å². The maximum atomic E-state index is 14.7. The molecule has 1 aliphatic heterocycles. The molecule has 0 radical (unpaired) electrons. The monoisotopic (exact) mass is 548 g/mol. The molecule has 5 rings (SSSR count). The van der Waals surface area contributed by atoms with Gasteiger partial charge in [-0.25, -0.2) is 13.3 Å². The number of aromatic nitrogens is 5. The van der Waals surface area contributed by atoms with Gasteiger partial charge in [-0.1, -0.05) is 11.3 Å². The first-order valence-electron chi connectivity index (χ1n) is 12.0. The molecule has 5 heterocycles. The van der Waals surface area contributed by atoms with Crippen molar-refractivity contribution in [2.24, 2.45) is 0 Å². The number of alkyl halides is 2. The highest BCUT2D eigenvalue weighted by molar-refractivity contribution is 7.18. The lowest BCUT2D eigenvalue weighted by molar-refractivity contribution is -0.124. The summed E-state index contributed by atoms with van der Waals surface area (Å²) in [5.74, 6) is -3.62. The van der Waals surface area contributed by atoms with Crippen LogP contribution >= 0.6 is 11.3 Å². The number of halogens is 2. The number of rotatable bonds is 6. The summed E-state index contributed by atoms with van der Waals surface area (Å²) >= 11 is 1.14. The van der Waals surface area contributed by atoms with Crippen LogP contribution in [0.5, 0.6) is 0 Å². The topological polar surface area (TPSA) is 148 Å². The van der Waals surface area contributed by atoms with E-state index in [0.717, 1.165) is 16.9 Å². The predicted molar refractivity (Wildman–Crippen MR) is 140 cm³/mol. The molecule has 0 aromatic carbocycles. The van der Waals surface area contributed by atoms with Crippen molar-refractivity contribution in [1.29, 1.82) is 10.5 Å². The molecule has 1 saturated heterocycles. The Morgan fingerprint density at radius 1 is 1.26 bits per heavy atom. The third-order valence-electron chi connectivity index (χ3n) is 6.25. The van der Waals surface area contributed by atoms with Crippen molar-refractivity contribution in [3.05, 3.63) is 42.2 Å². The lowest BCUT2D eigenvalue weighted by atomic mass is 10.0. The minimum atomic E-state index is -3.13. The second-order valence-corrected chi connectivity index (χ2v) is 10.1. The highest BCUT2D eigenvalue weighted by Crippen LogP contribution is 2.38. The van der Waals surface area contributed by atoms with E-state index in [9.17, 15) is 18.8 Å². The quantitative estimate of drug-likeness (QED) is 0.369. The number of hydrogen-bond acceptors (Lipinski definition) is 10. The average Bonchev–Trinajstić information content (AvgIpc) is 3.56. The summed E-state index contributed by atoms with van der Waals surface area (Å²) in [5.41, 5.74) is 3.52. The van der Waals surface area contributed by atoms with Crippen molar-refractivity contribution in [1.82, 2.24) is 30.1 Å². The third kappa shape index (κ3) is 5.19. The van der Waals surface area contributed by atoms with Crippen molar-refractivity contribution in [2.75, 3.05) is 23.3 Å². The molecule has 0 spiro atoms. The van der Waals surface area contributed by atoms with E-state index in [1.165, 1.54) is 18.0 Å². The summed E-state index contributed by atoms with van der Waals surface area (Å²) in [4.78, 5) is 17.3. The van der Waals surface area contributed by atoms with Crippen LogP contribution in [0, 0.1) is 22.7 Å². The highest BCUT2D eigenvalue weighted by Gasteiger charge is 2.45. The largest absolute Gasteiger partial charge is 0.369 e. The van der Waals surface area contributed by atoms with Crippen molar-refractivity contribution >= 4 is 33.6 Å². The maximum Gasteiger partial charge on any atom is 0.285 e. The second kappa shape index (κ2) is 10.2. The molecule has 0 aliphatic carbocycles. The van der Waals surface area contributed by atoms with Gasteiger partial charge in [-0.05, 0) is 37.6 Å². The zero-order chi connectivity index (χ0) is 27.7. The van der Waals surface area contributed by atoms with Gasteiger partial charge in [0.05, 0.1) is 52.9 Å². The minimum Gasteiger partial charge on any atom is -0.369 e. The summed E-state index contributed by atoms with van der Waals surface area (Å²) in [6.45, 7) is 2.61. The van der Waals surface area contributed by atoms with Crippen LogP contribution in [-0.2, 0) is 4.79 Å². The summed E-state index contributed by atoms with van der Waals surface area (Å²) in [5, 5.41) is 37.5. The van der Waals surface area contributed by atoms with E-state index in [1.54, 1.807) is 29.8 Å². The van der Waals surface area contributed by atoms with Gasteiger partial charge in [0.15, 0.2) is 5.01 Å². The minimum absolute atomic E-state index is 0.0689. The van der Waals surface area contributed by atoms with E-state index in [-0.39, 0.29) is 13.0 Å². The zero-order valence-electron chi connectivity index (χ0n) is 20.9. The normalized spacial score (nSPS) is 17.3. The molecule has 14 heteroatoms. The molecule has 4 aromatic rings. The number of fused-ring (bicyclic) bond motifs is 1. The van der Waals surface area contributed by atoms with Crippen molar-refractivity contribution < 1.29 is 13.6 Å². The highest BCUT2D eigenvalue weighted by atomic mass is 32.1. The van der Waals surface area contributed by atoms with Gasteiger partial charge in [0.25, 0.3) is 5.92 Å². The Morgan fingerprint density at radius 2 is 2.08 bits per heavy atom. The number of hydrogen-bond donors (Lipinski definition) is 2. The van der Waals surface area contributed by atoms with Gasteiger partial charge < -0.3 is 15.5 Å². The SMILES string of the molecule is CC(=O)NC1CCN(c2nnc(-c3cnc(-c4ccc5cc(C#N)cnn45)cc3N[C@H](C)C#N)s2)CC1(F)F. The Labute approximate surface area is 225 Å². The molecular weight excluding hydrogens is 526 g/mol. The molecule has 2 atom stereocenters. The van der Waals surface area contributed by atoms with E-state index in [1.807, 2.05) is 12.1 Å². The molecule has 2 N–H and O–H groups in total. The molecule has 1 amide bonds. The number of nitrogens with zero attached hydrogens (tertiary/aromatic N) is 8. The molecule has 1 aliphatic rings. The summed E-state index contributed by atoms with van der Waals surface area (Å²) in [6.07, 6.45) is 3.12. The van der Waals surface area contributed by atoms with Gasteiger partial charge in [0.1, 0.15) is 12.1 Å². The molecule has 1 fully saturated rings. The van der Waals surface area contributed by atoms with Crippen LogP contribution in [-0.4, -0.2) is 61.8 Å². The fourth-order valence-corrected chi connectivity index (χ4v) is 5.28. The van der Waals surface area contributed by atoms with Crippen molar-refractivity contribution in [3.63, 3.8) is 0 Å². The Bertz CT molecular complexity index is 1640. The van der Waals surface area contributed by atoms with Crippen LogP contribution in [0.3, 0.4) is 0 Å². The lowest BCUT2D eigenvalue weighted by Crippen LogP contribution is -2.58. The first-order valence-corrected chi connectivity index (χ1v) is 12.8. The summed E-state index contributed by atoms with van der Waals surface area (Å²) < 4.78 is 31.1. The van der Waals surface area contributed by atoms with Gasteiger partial charge in [-0.15, -0.1) is 10.2 Å². The number of anilines is 2. The van der Waals surface area contributed by atoms with E-state index < -0.39 is 30.5 Å². The fourth-order valence-electron chi connectivity index (χ4n) is 4.38. The molecule has 39 heavy (non-hydrogen) atoms. The summed E-state index contributed by atoms with van der Waals surface area (Å²) in [7, 11) is 0. The fraction of sp³-hybridized carbons (Fsp3) is 0.320. The lowest BCUT2D eigenvalue weighted by Gasteiger charge is -2.38. The molecule has 0 saturated carbocycles. The van der Waals surface area contributed by atoms with E-state index in [4.69, 9.17) is 5.26 Å². The predicted octanol–water partition coefficient (Wildman–Crippen LogP) is 3.46. The van der Waals surface area contributed by atoms with Crippen LogP contribution in [0.2, 0.25) is 0 Å². The number of carbonyl (C=O) groups is 1. The molecule has 11 nitrogen and oxygen atoms in total. The van der Waals surface area contributed by atoms with E-state index >= 15 is 0 Å². The van der Waals surface area contributed by atoms with Gasteiger partial charge >= 0.3 is 0 Å². The molecule has 0 bridgehead atoms. The van der Waals surface area contributed by atoms with Gasteiger partial charge in [-0.2, -0.15) is 15.6 Å². The smallest absolute Gasteiger partial charge is 0.285 e. The molecular formula is C25H22F2N10OS. The Morgan fingerprint density at radius 3 is 2.79 bits per heavy atom. The average molecular weight is 549 g/mol. The molecule has 4 aromatic heterocycles. The number of nitrogens with one attached hydrogen (secondary N) is 2. The van der Waals surface area contributed by atoms with E-state index in [0.29, 0.717) is 38.3 Å². The van der Waals surface area contributed by atoms with Gasteiger partial charge in [0.2, 0.25) is 11.0 Å². The third-order valence-corrected chi connectivity index (χ3v) is 7.27. The summed E-state index contributed by atoms with van der Waals surface area (Å²) in [6, 6.07) is 9.56. The van der Waals surface area contributed by atoms with Crippen LogP contribution in [0.15, 0.2) is 36.7 Å². The van der Waals surface area contributed by atoms with Crippen molar-refractivity contribution in [2.45, 2.75) is 38.3 Å². The van der Waals surface area contributed by atoms with Crippen LogP contribution in [0.4, 0.5) is 19.6 Å². The van der Waals surface area contributed by atoms with E-state index in [2.05, 4.69) is 43.1 Å². The van der Waals surface area contributed by atoms with Crippen molar-refractivity contribution in [3.8, 4) is 34.1 Å². The van der Waals surface area contributed by atoms with Gasteiger partial charge in [-0.3, -0.25) is 9.78 Å². The standard InChI is InChI=1S/C25H22F2N10OS/c1-14(9-28)32-19-8-20(21-4-3-17-7-16(10-29)11-31-37(17)21)30-12-18(19)23-34-35-24(39-23)36-6-5-22(33-15(2)38)25(26,27)13-36/h3-4,7-8,11-12,14,22H,5-6,13H2,1-2H3,(H,30,32)(H,33,38)/t14-,22?/m1/s1. The van der Waals surface area contributed by atoms with Crippen LogP contribution in [0.25, 0.3) is 27.5 Å². The zero-order valence-corrected chi connectivity index (χ0v) is 21.7. The molecule has 198 valence electrons. The first-order chi connectivity index (χ1) is 18.7. The Kier molecular flexibility index (Phi) is 6.80.